The molecule has 3 heterocycles. The lowest BCUT2D eigenvalue weighted by Gasteiger charge is -2.55. The number of methoxy groups -OCH3 is 1. The molecule has 2 saturated heterocycles. The number of ether oxygens (including phenoxy) is 2. The van der Waals surface area contributed by atoms with E-state index in [2.05, 4.69) is 5.32 Å². The van der Waals surface area contributed by atoms with Gasteiger partial charge in [-0.2, -0.15) is 0 Å². The second-order valence-corrected chi connectivity index (χ2v) is 12.5. The van der Waals surface area contributed by atoms with Crippen LogP contribution in [0.4, 0.5) is 10.1 Å². The number of para-hydroxylation sites is 1. The quantitative estimate of drug-likeness (QED) is 0.286. The summed E-state index contributed by atoms with van der Waals surface area (Å²) in [7, 11) is 1.63. The van der Waals surface area contributed by atoms with Gasteiger partial charge in [0.25, 0.3) is 5.91 Å². The molecule has 0 spiro atoms. The fraction of sp³-hybridized carbons (Fsp3) is 0.485. The van der Waals surface area contributed by atoms with Gasteiger partial charge in [0, 0.05) is 45.1 Å². The highest BCUT2D eigenvalue weighted by atomic mass is 35.5. The maximum Gasteiger partial charge on any atom is 0.306 e. The number of furan rings is 1. The van der Waals surface area contributed by atoms with E-state index in [-0.39, 0.29) is 46.2 Å². The van der Waals surface area contributed by atoms with Crippen molar-refractivity contribution in [3.63, 3.8) is 0 Å². The van der Waals surface area contributed by atoms with E-state index >= 15 is 4.39 Å². The predicted octanol–water partition coefficient (Wildman–Crippen LogP) is 5.33. The Labute approximate surface area is 265 Å². The van der Waals surface area contributed by atoms with Crippen molar-refractivity contribution >= 4 is 45.9 Å². The van der Waals surface area contributed by atoms with Gasteiger partial charge < -0.3 is 24.3 Å². The number of hydrogen-bond acceptors (Lipinski definition) is 8. The Morgan fingerprint density at radius 3 is 2.44 bits per heavy atom. The molecule has 1 unspecified atom stereocenters. The molecule has 2 aromatic carbocycles. The van der Waals surface area contributed by atoms with E-state index in [0.29, 0.717) is 62.8 Å². The number of Topliss-reactive ketones (excluding diaryl/α,β-unsaturated/α-hetero) is 1. The molecule has 2 aliphatic heterocycles. The number of carbonyl (C=O) groups is 3. The molecule has 2 N–H and O–H groups in total. The SMILES string of the molecule is COC1CN(C(OC2CCC(C(=O)O)CC2)(C(=O)Cc2ccc(NC(=O)c3coc4ccccc34)c(Cl)c2F)N2CCCC2)C1. The number of hydrogen-bond donors (Lipinski definition) is 2. The summed E-state index contributed by atoms with van der Waals surface area (Å²) in [6.07, 6.45) is 4.43. The molecular formula is C33H37ClFN3O7. The molecule has 1 amide bonds. The zero-order valence-corrected chi connectivity index (χ0v) is 25.9. The lowest BCUT2D eigenvalue weighted by molar-refractivity contribution is -0.282. The van der Waals surface area contributed by atoms with Crippen molar-refractivity contribution in [1.82, 2.24) is 9.80 Å². The van der Waals surface area contributed by atoms with E-state index in [1.807, 2.05) is 9.80 Å². The standard InChI is InChI=1S/C33H37ClFN3O7/c1-43-23-17-38(18-23)33(37-14-4-5-15-37,45-22-11-8-20(9-12-22)32(41)42)28(39)16-21-10-13-26(29(34)30(21)35)36-31(40)25-19-44-27-7-3-2-6-24(25)27/h2-3,6-7,10,13,19-20,22-23H,4-5,8-9,11-12,14-18H2,1H3,(H,36,40)(H,41,42). The number of ketones is 1. The number of rotatable bonds is 11. The summed E-state index contributed by atoms with van der Waals surface area (Å²) in [4.78, 5) is 43.1. The number of fused-ring (bicyclic) bond motifs is 1. The van der Waals surface area contributed by atoms with Crippen LogP contribution in [0.1, 0.15) is 54.4 Å². The van der Waals surface area contributed by atoms with Crippen LogP contribution in [0, 0.1) is 11.7 Å². The van der Waals surface area contributed by atoms with Gasteiger partial charge in [-0.15, -0.1) is 0 Å². The Bertz CT molecular complexity index is 1580. The maximum absolute atomic E-state index is 15.8. The molecule has 12 heteroatoms. The van der Waals surface area contributed by atoms with Crippen LogP contribution in [0.3, 0.4) is 0 Å². The monoisotopic (exact) mass is 641 g/mol. The van der Waals surface area contributed by atoms with Crippen LogP contribution >= 0.6 is 11.6 Å². The van der Waals surface area contributed by atoms with Crippen molar-refractivity contribution in [1.29, 1.82) is 0 Å². The fourth-order valence-electron chi connectivity index (χ4n) is 6.74. The molecule has 0 radical (unpaired) electrons. The summed E-state index contributed by atoms with van der Waals surface area (Å²) >= 11 is 6.44. The van der Waals surface area contributed by atoms with Gasteiger partial charge in [-0.1, -0.05) is 35.9 Å². The first-order chi connectivity index (χ1) is 21.7. The molecular weight excluding hydrogens is 605 g/mol. The Morgan fingerprint density at radius 1 is 1.04 bits per heavy atom. The number of halogens is 2. The van der Waals surface area contributed by atoms with E-state index in [1.165, 1.54) is 18.4 Å². The van der Waals surface area contributed by atoms with Gasteiger partial charge in [-0.05, 0) is 56.2 Å². The predicted molar refractivity (Wildman–Crippen MR) is 165 cm³/mol. The number of nitrogens with zero attached hydrogens (tertiary/aromatic N) is 2. The van der Waals surface area contributed by atoms with Crippen LogP contribution in [0.5, 0.6) is 0 Å². The third-order valence-electron chi connectivity index (χ3n) is 9.35. The summed E-state index contributed by atoms with van der Waals surface area (Å²) in [6.45, 7) is 2.22. The van der Waals surface area contributed by atoms with E-state index in [9.17, 15) is 19.5 Å². The number of likely N-dealkylation sites (tertiary alicyclic amines) is 2. The first-order valence-corrected chi connectivity index (χ1v) is 15.8. The topological polar surface area (TPSA) is 122 Å². The Hall–Kier alpha value is -3.35. The molecule has 1 aliphatic carbocycles. The van der Waals surface area contributed by atoms with Crippen LogP contribution in [0.2, 0.25) is 5.02 Å². The van der Waals surface area contributed by atoms with Gasteiger partial charge in [0.15, 0.2) is 5.78 Å². The minimum Gasteiger partial charge on any atom is -0.481 e. The molecule has 1 aromatic heterocycles. The van der Waals surface area contributed by atoms with Crippen LogP contribution < -0.4 is 5.32 Å². The third kappa shape index (κ3) is 6.12. The second kappa shape index (κ2) is 13.2. The number of amides is 1. The molecule has 3 aromatic rings. The molecule has 3 aliphatic rings. The van der Waals surface area contributed by atoms with Gasteiger partial charge in [0.05, 0.1) is 29.4 Å². The molecule has 240 valence electrons. The number of carbonyl (C=O) groups excluding carboxylic acids is 2. The van der Waals surface area contributed by atoms with Crippen molar-refractivity contribution in [2.45, 2.75) is 63.0 Å². The molecule has 1 saturated carbocycles. The summed E-state index contributed by atoms with van der Waals surface area (Å²) in [6, 6.07) is 10.0. The molecule has 6 rings (SSSR count). The van der Waals surface area contributed by atoms with Crippen LogP contribution in [-0.2, 0) is 25.5 Å². The summed E-state index contributed by atoms with van der Waals surface area (Å²) in [5.41, 5.74) is 0.993. The van der Waals surface area contributed by atoms with Gasteiger partial charge in [0.1, 0.15) is 22.7 Å². The first-order valence-electron chi connectivity index (χ1n) is 15.4. The van der Waals surface area contributed by atoms with Crippen LogP contribution in [0.15, 0.2) is 47.1 Å². The first kappa shape index (κ1) is 31.6. The smallest absolute Gasteiger partial charge is 0.306 e. The van der Waals surface area contributed by atoms with Crippen molar-refractivity contribution in [2.75, 3.05) is 38.6 Å². The number of benzene rings is 2. The average Bonchev–Trinajstić information content (AvgIpc) is 3.71. The number of carboxylic acids is 1. The molecule has 0 bridgehead atoms. The Balaban J connectivity index is 1.25. The van der Waals surface area contributed by atoms with E-state index < -0.39 is 29.5 Å². The summed E-state index contributed by atoms with van der Waals surface area (Å²) < 4.78 is 33.6. The van der Waals surface area contributed by atoms with Crippen molar-refractivity contribution in [3.8, 4) is 0 Å². The number of nitrogens with one attached hydrogen (secondary N) is 1. The van der Waals surface area contributed by atoms with Crippen molar-refractivity contribution < 1.29 is 37.8 Å². The largest absolute Gasteiger partial charge is 0.481 e. The summed E-state index contributed by atoms with van der Waals surface area (Å²) in [5.74, 6) is -4.31. The highest BCUT2D eigenvalue weighted by Gasteiger charge is 2.56. The summed E-state index contributed by atoms with van der Waals surface area (Å²) in [5, 5.41) is 12.5. The Kier molecular flexibility index (Phi) is 9.26. The Morgan fingerprint density at radius 2 is 1.76 bits per heavy atom. The third-order valence-corrected chi connectivity index (χ3v) is 9.72. The van der Waals surface area contributed by atoms with Crippen LogP contribution in [0.25, 0.3) is 11.0 Å². The molecule has 1 atom stereocenters. The lowest BCUT2D eigenvalue weighted by atomic mass is 9.87. The fourth-order valence-corrected chi connectivity index (χ4v) is 6.97. The van der Waals surface area contributed by atoms with Crippen molar-refractivity contribution in [3.05, 3.63) is 64.6 Å². The lowest BCUT2D eigenvalue weighted by Crippen LogP contribution is -2.74. The molecule has 45 heavy (non-hydrogen) atoms. The zero-order chi connectivity index (χ0) is 31.7. The van der Waals surface area contributed by atoms with E-state index in [4.69, 9.17) is 25.5 Å². The van der Waals surface area contributed by atoms with Gasteiger partial charge in [-0.3, -0.25) is 24.2 Å². The normalized spacial score (nSPS) is 22.6. The number of anilines is 1. The molecule has 3 fully saturated rings. The van der Waals surface area contributed by atoms with E-state index in [0.717, 1.165) is 12.8 Å². The molecule has 10 nitrogen and oxygen atoms in total. The average molecular weight is 642 g/mol. The van der Waals surface area contributed by atoms with Gasteiger partial charge in [-0.25, -0.2) is 4.39 Å². The maximum atomic E-state index is 15.8. The highest BCUT2D eigenvalue weighted by molar-refractivity contribution is 6.34. The minimum absolute atomic E-state index is 0.0625. The van der Waals surface area contributed by atoms with Crippen molar-refractivity contribution in [2.24, 2.45) is 5.92 Å². The van der Waals surface area contributed by atoms with Crippen LogP contribution in [-0.4, -0.2) is 83.9 Å². The zero-order valence-electron chi connectivity index (χ0n) is 25.1. The minimum atomic E-state index is -1.44. The highest BCUT2D eigenvalue weighted by Crippen LogP contribution is 2.39. The van der Waals surface area contributed by atoms with Gasteiger partial charge >= 0.3 is 5.97 Å². The number of carboxylic acid groups (broad SMARTS) is 1. The second-order valence-electron chi connectivity index (χ2n) is 12.1. The number of aliphatic carboxylic acids is 1. The van der Waals surface area contributed by atoms with Gasteiger partial charge in [0.2, 0.25) is 5.85 Å². The van der Waals surface area contributed by atoms with E-state index in [1.54, 1.807) is 31.4 Å².